The summed E-state index contributed by atoms with van der Waals surface area (Å²) < 4.78 is 26.6. The van der Waals surface area contributed by atoms with Crippen molar-refractivity contribution in [3.05, 3.63) is 29.8 Å². The van der Waals surface area contributed by atoms with E-state index in [4.69, 9.17) is 5.11 Å². The van der Waals surface area contributed by atoms with Crippen molar-refractivity contribution in [1.29, 1.82) is 0 Å². The van der Waals surface area contributed by atoms with E-state index in [-0.39, 0.29) is 16.7 Å². The number of carboxylic acid groups (broad SMARTS) is 1. The van der Waals surface area contributed by atoms with Crippen LogP contribution >= 0.6 is 0 Å². The van der Waals surface area contributed by atoms with Crippen LogP contribution in [-0.2, 0) is 21.2 Å². The highest BCUT2D eigenvalue weighted by Crippen LogP contribution is 2.32. The van der Waals surface area contributed by atoms with Crippen LogP contribution < -0.4 is 0 Å². The van der Waals surface area contributed by atoms with Gasteiger partial charge in [-0.3, -0.25) is 4.79 Å². The summed E-state index contributed by atoms with van der Waals surface area (Å²) in [6.07, 6.45) is 1.32. The summed E-state index contributed by atoms with van der Waals surface area (Å²) in [4.78, 5) is 10.8. The number of aliphatic carboxylic acids is 1. The number of nitrogens with zero attached hydrogens (tertiary/aromatic N) is 1. The fraction of sp³-hybridized carbons (Fsp3) is 0.533. The molecule has 0 unspecified atom stereocenters. The largest absolute Gasteiger partial charge is 0.481 e. The molecule has 1 aliphatic rings. The number of carbonyl (C=O) groups is 1. The van der Waals surface area contributed by atoms with E-state index < -0.39 is 16.0 Å². The highest BCUT2D eigenvalue weighted by Gasteiger charge is 2.36. The fourth-order valence-electron chi connectivity index (χ4n) is 2.50. The van der Waals surface area contributed by atoms with Gasteiger partial charge >= 0.3 is 5.97 Å². The Hall–Kier alpha value is -1.40. The standard InChI is InChI=1S/C15H21NO4S/c1-15(2)9-10-16(11-15)21(19,20)13-6-3-12(4-7-13)5-8-14(17)18/h3-4,6-7H,5,8-11H2,1-2H3,(H,17,18). The van der Waals surface area contributed by atoms with E-state index in [9.17, 15) is 13.2 Å². The summed E-state index contributed by atoms with van der Waals surface area (Å²) in [5.74, 6) is -0.856. The second kappa shape index (κ2) is 5.77. The van der Waals surface area contributed by atoms with Crippen LogP contribution in [0.2, 0.25) is 0 Å². The van der Waals surface area contributed by atoms with Gasteiger partial charge in [0.25, 0.3) is 0 Å². The van der Waals surface area contributed by atoms with Gasteiger partial charge in [0.05, 0.1) is 4.90 Å². The smallest absolute Gasteiger partial charge is 0.303 e. The lowest BCUT2D eigenvalue weighted by atomic mass is 9.93. The summed E-state index contributed by atoms with van der Waals surface area (Å²) in [6, 6.07) is 6.52. The lowest BCUT2D eigenvalue weighted by Crippen LogP contribution is -2.30. The van der Waals surface area contributed by atoms with Crippen molar-refractivity contribution >= 4 is 16.0 Å². The summed E-state index contributed by atoms with van der Waals surface area (Å²) in [7, 11) is -3.44. The van der Waals surface area contributed by atoms with Gasteiger partial charge in [0.15, 0.2) is 0 Å². The molecule has 5 nitrogen and oxygen atoms in total. The van der Waals surface area contributed by atoms with E-state index in [1.807, 2.05) is 0 Å². The van der Waals surface area contributed by atoms with E-state index in [1.165, 1.54) is 4.31 Å². The maximum absolute atomic E-state index is 12.5. The molecule has 0 aromatic heterocycles. The van der Waals surface area contributed by atoms with Crippen molar-refractivity contribution in [2.75, 3.05) is 13.1 Å². The van der Waals surface area contributed by atoms with Crippen LogP contribution in [0.25, 0.3) is 0 Å². The minimum atomic E-state index is -3.44. The van der Waals surface area contributed by atoms with Crippen LogP contribution in [-0.4, -0.2) is 36.9 Å². The highest BCUT2D eigenvalue weighted by atomic mass is 32.2. The Balaban J connectivity index is 2.12. The lowest BCUT2D eigenvalue weighted by molar-refractivity contribution is -0.136. The predicted octanol–water partition coefficient (Wildman–Crippen LogP) is 2.12. The first kappa shape index (κ1) is 16.0. The first-order chi connectivity index (χ1) is 9.71. The SMILES string of the molecule is CC1(C)CCN(S(=O)(=O)c2ccc(CCC(=O)O)cc2)C1. The quantitative estimate of drug-likeness (QED) is 0.904. The average molecular weight is 311 g/mol. The number of aryl methyl sites for hydroxylation is 1. The normalized spacial score (nSPS) is 18.8. The zero-order chi connectivity index (χ0) is 15.7. The minimum absolute atomic E-state index is 0.0223. The van der Waals surface area contributed by atoms with Gasteiger partial charge in [0.2, 0.25) is 10.0 Å². The zero-order valence-corrected chi connectivity index (χ0v) is 13.2. The maximum Gasteiger partial charge on any atom is 0.303 e. The van der Waals surface area contributed by atoms with Crippen LogP contribution in [0, 0.1) is 5.41 Å². The maximum atomic E-state index is 12.5. The van der Waals surface area contributed by atoms with Crippen molar-refractivity contribution < 1.29 is 18.3 Å². The topological polar surface area (TPSA) is 74.7 Å². The van der Waals surface area contributed by atoms with E-state index >= 15 is 0 Å². The van der Waals surface area contributed by atoms with Crippen LogP contribution in [0.4, 0.5) is 0 Å². The highest BCUT2D eigenvalue weighted by molar-refractivity contribution is 7.89. The minimum Gasteiger partial charge on any atom is -0.481 e. The number of hydrogen-bond donors (Lipinski definition) is 1. The van der Waals surface area contributed by atoms with E-state index in [1.54, 1.807) is 24.3 Å². The molecule has 1 heterocycles. The first-order valence-corrected chi connectivity index (χ1v) is 8.46. The second-order valence-corrected chi connectivity index (χ2v) is 8.23. The molecule has 1 aliphatic heterocycles. The van der Waals surface area contributed by atoms with Crippen LogP contribution in [0.5, 0.6) is 0 Å². The molecule has 1 aromatic rings. The molecular formula is C15H21NO4S. The summed E-state index contributed by atoms with van der Waals surface area (Å²) in [6.45, 7) is 5.22. The third-order valence-corrected chi connectivity index (χ3v) is 5.69. The molecule has 21 heavy (non-hydrogen) atoms. The van der Waals surface area contributed by atoms with E-state index in [2.05, 4.69) is 13.8 Å². The summed E-state index contributed by atoms with van der Waals surface area (Å²) in [5, 5.41) is 8.65. The van der Waals surface area contributed by atoms with Gasteiger partial charge in [-0.25, -0.2) is 8.42 Å². The molecule has 2 rings (SSSR count). The molecule has 6 heteroatoms. The molecule has 1 N–H and O–H groups in total. The Labute approximate surface area is 125 Å². The molecule has 1 fully saturated rings. The van der Waals surface area contributed by atoms with E-state index in [0.29, 0.717) is 19.5 Å². The Morgan fingerprint density at radius 3 is 2.38 bits per heavy atom. The second-order valence-electron chi connectivity index (χ2n) is 6.29. The Bertz CT molecular complexity index is 620. The number of benzene rings is 1. The van der Waals surface area contributed by atoms with Gasteiger partial charge in [0.1, 0.15) is 0 Å². The summed E-state index contributed by atoms with van der Waals surface area (Å²) >= 11 is 0. The molecule has 0 aliphatic carbocycles. The number of sulfonamides is 1. The van der Waals surface area contributed by atoms with Crippen molar-refractivity contribution in [3.8, 4) is 0 Å². The van der Waals surface area contributed by atoms with Crippen molar-refractivity contribution in [1.82, 2.24) is 4.31 Å². The zero-order valence-electron chi connectivity index (χ0n) is 12.4. The average Bonchev–Trinajstić information content (AvgIpc) is 2.78. The molecule has 0 radical (unpaired) electrons. The van der Waals surface area contributed by atoms with Crippen LogP contribution in [0.1, 0.15) is 32.3 Å². The van der Waals surface area contributed by atoms with Crippen molar-refractivity contribution in [2.45, 2.75) is 38.0 Å². The molecule has 0 amide bonds. The third-order valence-electron chi connectivity index (χ3n) is 3.83. The van der Waals surface area contributed by atoms with Crippen LogP contribution in [0.15, 0.2) is 29.2 Å². The molecule has 1 saturated heterocycles. The molecule has 1 aromatic carbocycles. The molecule has 0 saturated carbocycles. The monoisotopic (exact) mass is 311 g/mol. The third kappa shape index (κ3) is 3.83. The lowest BCUT2D eigenvalue weighted by Gasteiger charge is -2.19. The fourth-order valence-corrected chi connectivity index (χ4v) is 4.13. The van der Waals surface area contributed by atoms with Gasteiger partial charge in [-0.2, -0.15) is 4.31 Å². The Morgan fingerprint density at radius 2 is 1.90 bits per heavy atom. The van der Waals surface area contributed by atoms with Crippen molar-refractivity contribution in [3.63, 3.8) is 0 Å². The van der Waals surface area contributed by atoms with Gasteiger partial charge in [0, 0.05) is 19.5 Å². The van der Waals surface area contributed by atoms with Gasteiger partial charge < -0.3 is 5.11 Å². The van der Waals surface area contributed by atoms with Gasteiger partial charge in [-0.05, 0) is 36.0 Å². The number of carboxylic acids is 1. The molecule has 0 atom stereocenters. The number of hydrogen-bond acceptors (Lipinski definition) is 3. The summed E-state index contributed by atoms with van der Waals surface area (Å²) in [5.41, 5.74) is 0.854. The first-order valence-electron chi connectivity index (χ1n) is 7.02. The predicted molar refractivity (Wildman–Crippen MR) is 79.6 cm³/mol. The Morgan fingerprint density at radius 1 is 1.29 bits per heavy atom. The molecular weight excluding hydrogens is 290 g/mol. The molecule has 116 valence electrons. The number of rotatable bonds is 5. The van der Waals surface area contributed by atoms with Gasteiger partial charge in [-0.1, -0.05) is 26.0 Å². The van der Waals surface area contributed by atoms with Crippen molar-refractivity contribution in [2.24, 2.45) is 5.41 Å². The Kier molecular flexibility index (Phi) is 4.39. The van der Waals surface area contributed by atoms with Crippen LogP contribution in [0.3, 0.4) is 0 Å². The molecule has 0 bridgehead atoms. The van der Waals surface area contributed by atoms with Gasteiger partial charge in [-0.15, -0.1) is 0 Å². The van der Waals surface area contributed by atoms with E-state index in [0.717, 1.165) is 12.0 Å². The molecule has 0 spiro atoms.